The van der Waals surface area contributed by atoms with Gasteiger partial charge < -0.3 is 9.47 Å². The number of nitrogens with one attached hydrogen (secondary N) is 1. The molecule has 21 heavy (non-hydrogen) atoms. The average molecular weight is 333 g/mol. The van der Waals surface area contributed by atoms with Gasteiger partial charge in [0.2, 0.25) is 10.0 Å². The number of hydrogen-bond acceptors (Lipinski definition) is 5. The van der Waals surface area contributed by atoms with Crippen LogP contribution >= 0.6 is 0 Å². The van der Waals surface area contributed by atoms with E-state index < -0.39 is 46.6 Å². The van der Waals surface area contributed by atoms with Crippen molar-refractivity contribution in [3.8, 4) is 0 Å². The van der Waals surface area contributed by atoms with Crippen molar-refractivity contribution < 1.29 is 35.9 Å². The van der Waals surface area contributed by atoms with Crippen molar-refractivity contribution in [1.82, 2.24) is 4.72 Å². The molecule has 1 aliphatic carbocycles. The molecule has 0 aromatic heterocycles. The zero-order valence-electron chi connectivity index (χ0n) is 11.5. The van der Waals surface area contributed by atoms with Crippen molar-refractivity contribution in [2.75, 3.05) is 26.9 Å². The molecule has 6 nitrogen and oxygen atoms in total. The first kappa shape index (κ1) is 18.2. The van der Waals surface area contributed by atoms with Gasteiger partial charge in [-0.15, -0.1) is 0 Å². The zero-order valence-corrected chi connectivity index (χ0v) is 12.3. The summed E-state index contributed by atoms with van der Waals surface area (Å²) >= 11 is 0. The molecule has 2 atom stereocenters. The number of esters is 1. The highest BCUT2D eigenvalue weighted by atomic mass is 32.2. The Morgan fingerprint density at radius 3 is 2.57 bits per heavy atom. The Morgan fingerprint density at radius 2 is 2.00 bits per heavy atom. The van der Waals surface area contributed by atoms with E-state index in [1.807, 2.05) is 0 Å². The Morgan fingerprint density at radius 1 is 1.33 bits per heavy atom. The van der Waals surface area contributed by atoms with Crippen LogP contribution in [0.1, 0.15) is 19.3 Å². The summed E-state index contributed by atoms with van der Waals surface area (Å²) in [7, 11) is -2.61. The summed E-state index contributed by atoms with van der Waals surface area (Å²) in [5.41, 5.74) is 0. The standard InChI is InChI=1S/C11H18F3NO5S/c1-19-10(16)8-3-2-4-9(8)21(17,18)15-5-6-20-7-11(12,13)14/h8-9,15H,2-7H2,1H3. The Bertz CT molecular complexity index is 451. The molecule has 0 aromatic carbocycles. The lowest BCUT2D eigenvalue weighted by atomic mass is 10.1. The van der Waals surface area contributed by atoms with Crippen LogP contribution in [0.25, 0.3) is 0 Å². The second kappa shape index (κ2) is 7.41. The third kappa shape index (κ3) is 5.79. The Labute approximate surface area is 121 Å². The van der Waals surface area contributed by atoms with E-state index in [-0.39, 0.29) is 6.54 Å². The maximum absolute atomic E-state index is 12.0. The minimum atomic E-state index is -4.44. The topological polar surface area (TPSA) is 81.7 Å². The molecule has 0 spiro atoms. The van der Waals surface area contributed by atoms with Crippen molar-refractivity contribution in [1.29, 1.82) is 0 Å². The molecule has 124 valence electrons. The molecular weight excluding hydrogens is 315 g/mol. The van der Waals surface area contributed by atoms with Gasteiger partial charge in [-0.3, -0.25) is 4.79 Å². The van der Waals surface area contributed by atoms with E-state index in [1.54, 1.807) is 0 Å². The van der Waals surface area contributed by atoms with E-state index in [4.69, 9.17) is 0 Å². The first-order chi connectivity index (χ1) is 9.67. The maximum atomic E-state index is 12.0. The second-order valence-corrected chi connectivity index (χ2v) is 6.69. The molecule has 0 radical (unpaired) electrons. The number of ether oxygens (including phenoxy) is 2. The third-order valence-corrected chi connectivity index (χ3v) is 5.14. The average Bonchev–Trinajstić information content (AvgIpc) is 2.86. The first-order valence-corrected chi connectivity index (χ1v) is 7.93. The van der Waals surface area contributed by atoms with Crippen molar-refractivity contribution in [2.45, 2.75) is 30.7 Å². The highest BCUT2D eigenvalue weighted by Gasteiger charge is 2.42. The van der Waals surface area contributed by atoms with Crippen LogP contribution in [0.4, 0.5) is 13.2 Å². The van der Waals surface area contributed by atoms with Crippen LogP contribution in [-0.2, 0) is 24.3 Å². The molecule has 0 bridgehead atoms. The van der Waals surface area contributed by atoms with Gasteiger partial charge in [0.15, 0.2) is 0 Å². The summed E-state index contributed by atoms with van der Waals surface area (Å²) in [6.07, 6.45) is -3.13. The Hall–Kier alpha value is -0.870. The van der Waals surface area contributed by atoms with Gasteiger partial charge in [-0.25, -0.2) is 13.1 Å². The molecule has 2 unspecified atom stereocenters. The molecule has 1 N–H and O–H groups in total. The molecular formula is C11H18F3NO5S. The SMILES string of the molecule is COC(=O)C1CCCC1S(=O)(=O)NCCOCC(F)(F)F. The fourth-order valence-electron chi connectivity index (χ4n) is 2.27. The van der Waals surface area contributed by atoms with Crippen molar-refractivity contribution in [3.63, 3.8) is 0 Å². The van der Waals surface area contributed by atoms with E-state index in [1.165, 1.54) is 7.11 Å². The summed E-state index contributed by atoms with van der Waals surface area (Å²) in [4.78, 5) is 11.5. The van der Waals surface area contributed by atoms with Gasteiger partial charge in [-0.05, 0) is 12.8 Å². The van der Waals surface area contributed by atoms with Crippen LogP contribution in [0.5, 0.6) is 0 Å². The summed E-state index contributed by atoms with van der Waals surface area (Å²) in [5.74, 6) is -1.32. The minimum Gasteiger partial charge on any atom is -0.469 e. The van der Waals surface area contributed by atoms with Gasteiger partial charge in [-0.2, -0.15) is 13.2 Å². The van der Waals surface area contributed by atoms with E-state index in [0.29, 0.717) is 19.3 Å². The highest BCUT2D eigenvalue weighted by Crippen LogP contribution is 2.31. The molecule has 0 aliphatic heterocycles. The van der Waals surface area contributed by atoms with Crippen LogP contribution < -0.4 is 4.72 Å². The second-order valence-electron chi connectivity index (χ2n) is 4.71. The number of halogens is 3. The smallest absolute Gasteiger partial charge is 0.411 e. The van der Waals surface area contributed by atoms with Crippen LogP contribution in [-0.4, -0.2) is 52.7 Å². The van der Waals surface area contributed by atoms with Crippen molar-refractivity contribution >= 4 is 16.0 Å². The number of hydrogen-bond donors (Lipinski definition) is 1. The summed E-state index contributed by atoms with van der Waals surface area (Å²) in [6.45, 7) is -2.10. The number of rotatable bonds is 7. The molecule has 0 aromatic rings. The monoisotopic (exact) mass is 333 g/mol. The molecule has 0 heterocycles. The van der Waals surface area contributed by atoms with Crippen LogP contribution in [0.3, 0.4) is 0 Å². The molecule has 0 saturated heterocycles. The number of methoxy groups -OCH3 is 1. The van der Waals surface area contributed by atoms with Gasteiger partial charge in [0.25, 0.3) is 0 Å². The molecule has 1 saturated carbocycles. The number of sulfonamides is 1. The first-order valence-electron chi connectivity index (χ1n) is 6.38. The molecule has 1 aliphatic rings. The predicted octanol–water partition coefficient (Wildman–Crippen LogP) is 0.826. The lowest BCUT2D eigenvalue weighted by Gasteiger charge is -2.18. The fraction of sp³-hybridized carbons (Fsp3) is 0.909. The van der Waals surface area contributed by atoms with E-state index in [0.717, 1.165) is 0 Å². The van der Waals surface area contributed by atoms with Crippen LogP contribution in [0.15, 0.2) is 0 Å². The van der Waals surface area contributed by atoms with Crippen LogP contribution in [0.2, 0.25) is 0 Å². The van der Waals surface area contributed by atoms with Gasteiger partial charge >= 0.3 is 12.1 Å². The summed E-state index contributed by atoms with van der Waals surface area (Å²) < 4.78 is 70.6. The highest BCUT2D eigenvalue weighted by molar-refractivity contribution is 7.90. The van der Waals surface area contributed by atoms with Crippen molar-refractivity contribution in [3.05, 3.63) is 0 Å². The lowest BCUT2D eigenvalue weighted by molar-refractivity contribution is -0.173. The number of alkyl halides is 3. The Kier molecular flexibility index (Phi) is 6.41. The van der Waals surface area contributed by atoms with Gasteiger partial charge in [0, 0.05) is 6.54 Å². The lowest BCUT2D eigenvalue weighted by Crippen LogP contribution is -2.40. The minimum absolute atomic E-state index is 0.275. The number of carbonyl (C=O) groups is 1. The molecule has 1 fully saturated rings. The molecule has 0 amide bonds. The fourth-order valence-corrected chi connectivity index (χ4v) is 4.01. The van der Waals surface area contributed by atoms with E-state index in [2.05, 4.69) is 14.2 Å². The zero-order chi connectivity index (χ0) is 16.1. The third-order valence-electron chi connectivity index (χ3n) is 3.17. The maximum Gasteiger partial charge on any atom is 0.411 e. The molecule has 10 heteroatoms. The predicted molar refractivity (Wildman–Crippen MR) is 66.9 cm³/mol. The van der Waals surface area contributed by atoms with Gasteiger partial charge in [0.1, 0.15) is 6.61 Å². The van der Waals surface area contributed by atoms with E-state index in [9.17, 15) is 26.4 Å². The Balaban J connectivity index is 2.44. The largest absolute Gasteiger partial charge is 0.469 e. The number of carbonyl (C=O) groups excluding carboxylic acids is 1. The van der Waals surface area contributed by atoms with Gasteiger partial charge in [-0.1, -0.05) is 6.42 Å². The molecule has 1 rings (SSSR count). The van der Waals surface area contributed by atoms with E-state index >= 15 is 0 Å². The van der Waals surface area contributed by atoms with Gasteiger partial charge in [0.05, 0.1) is 24.9 Å². The summed E-state index contributed by atoms with van der Waals surface area (Å²) in [5, 5.41) is -0.910. The van der Waals surface area contributed by atoms with Crippen molar-refractivity contribution in [2.24, 2.45) is 5.92 Å². The van der Waals surface area contributed by atoms with Crippen LogP contribution in [0, 0.1) is 5.92 Å². The quantitative estimate of drug-likeness (QED) is 0.551. The normalized spacial score (nSPS) is 23.2. The summed E-state index contributed by atoms with van der Waals surface area (Å²) in [6, 6.07) is 0.